The highest BCUT2D eigenvalue weighted by molar-refractivity contribution is 9.09. The van der Waals surface area contributed by atoms with Crippen LogP contribution in [0.4, 0.5) is 10.7 Å². The van der Waals surface area contributed by atoms with E-state index in [0.717, 1.165) is 5.56 Å². The van der Waals surface area contributed by atoms with Gasteiger partial charge in [0, 0.05) is 0 Å². The molecule has 10 nitrogen and oxygen atoms in total. The maximum absolute atomic E-state index is 11.9. The first-order valence-corrected chi connectivity index (χ1v) is 10.2. The number of carbonyl (C=O) groups excluding carboxylic acids is 2. The summed E-state index contributed by atoms with van der Waals surface area (Å²) < 4.78 is 12.2. The molecule has 0 aliphatic rings. The quantitative estimate of drug-likeness (QED) is 0.347. The molecular weight excluding hydrogens is 460 g/mol. The van der Waals surface area contributed by atoms with Crippen molar-refractivity contribution >= 4 is 33.9 Å². The molecule has 0 saturated carbocycles. The monoisotopic (exact) mass is 482 g/mol. The Hall–Kier alpha value is -2.95. The van der Waals surface area contributed by atoms with Crippen LogP contribution in [-0.4, -0.2) is 44.5 Å². The first-order chi connectivity index (χ1) is 14.1. The lowest BCUT2D eigenvalue weighted by Crippen LogP contribution is -2.38. The van der Waals surface area contributed by atoms with E-state index in [2.05, 4.69) is 41.7 Å². The van der Waals surface area contributed by atoms with E-state index in [-0.39, 0.29) is 23.9 Å². The Bertz CT molecular complexity index is 891. The fourth-order valence-corrected chi connectivity index (χ4v) is 2.67. The normalized spacial score (nSPS) is 12.1. The van der Waals surface area contributed by atoms with Gasteiger partial charge in [-0.25, -0.2) is 9.36 Å². The predicted octanol–water partition coefficient (Wildman–Crippen LogP) is 3.18. The number of alkyl carbamates (subject to hydrolysis) is 1. The number of benzene rings is 1. The molecule has 0 aliphatic heterocycles. The predicted molar refractivity (Wildman–Crippen MR) is 112 cm³/mol. The third-order valence-corrected chi connectivity index (χ3v) is 4.56. The average Bonchev–Trinajstić information content (AvgIpc) is 3.14. The fraction of sp³-hybridized carbons (Fsp3) is 0.421. The zero-order valence-electron chi connectivity index (χ0n) is 16.8. The average molecular weight is 483 g/mol. The van der Waals surface area contributed by atoms with Crippen LogP contribution in [0.3, 0.4) is 0 Å². The molecule has 1 N–H and O–H groups in total. The van der Waals surface area contributed by atoms with Crippen LogP contribution in [0.1, 0.15) is 26.3 Å². The van der Waals surface area contributed by atoms with Crippen molar-refractivity contribution < 1.29 is 24.0 Å². The highest BCUT2D eigenvalue weighted by atomic mass is 79.9. The molecule has 11 heteroatoms. The molecule has 0 saturated heterocycles. The molecule has 0 spiro atoms. The summed E-state index contributed by atoms with van der Waals surface area (Å²) >= 11 is 2.93. The largest absolute Gasteiger partial charge is 0.490 e. The van der Waals surface area contributed by atoms with Gasteiger partial charge in [-0.15, -0.1) is 0 Å². The zero-order valence-corrected chi connectivity index (χ0v) is 18.4. The Kier molecular flexibility index (Phi) is 7.93. The molecule has 30 heavy (non-hydrogen) atoms. The number of nitrogens with zero attached hydrogens (tertiary/aromatic N) is 3. The number of alkyl halides is 1. The number of rotatable bonds is 8. The molecule has 1 heterocycles. The molecule has 0 bridgehead atoms. The van der Waals surface area contributed by atoms with Gasteiger partial charge in [0.1, 0.15) is 31.3 Å². The van der Waals surface area contributed by atoms with Gasteiger partial charge in [-0.2, -0.15) is 0 Å². The number of ether oxygens (including phenoxy) is 2. The Morgan fingerprint density at radius 1 is 1.30 bits per heavy atom. The van der Waals surface area contributed by atoms with E-state index in [0.29, 0.717) is 5.75 Å². The van der Waals surface area contributed by atoms with Crippen molar-refractivity contribution in [1.82, 2.24) is 14.9 Å². The number of imide groups is 1. The molecular formula is C19H23BrN4O6. The summed E-state index contributed by atoms with van der Waals surface area (Å²) in [6.07, 6.45) is 0.784. The van der Waals surface area contributed by atoms with E-state index < -0.39 is 29.0 Å². The summed E-state index contributed by atoms with van der Waals surface area (Å²) in [7, 11) is 0. The van der Waals surface area contributed by atoms with Crippen LogP contribution in [0.5, 0.6) is 5.75 Å². The number of amides is 2. The molecule has 0 radical (unpaired) electrons. The molecule has 1 aromatic heterocycles. The molecule has 1 aromatic carbocycles. The zero-order chi connectivity index (χ0) is 22.3. The first-order valence-electron chi connectivity index (χ1n) is 9.05. The number of hydrogen-bond acceptors (Lipinski definition) is 7. The van der Waals surface area contributed by atoms with Crippen molar-refractivity contribution in [2.45, 2.75) is 38.8 Å². The van der Waals surface area contributed by atoms with Gasteiger partial charge in [-0.1, -0.05) is 53.8 Å². The standard InChI is InChI=1S/C19H23BrN4O6/c1-19(2,3)13-4-6-14(7-5-13)29-12-15(30-18(26)22-16(25)10-20)11-23-9-8-21-17(23)24(27)28/h4-9,15H,10-12H2,1-3H3,(H,22,25,26)/t15-/m1/s1. The molecule has 0 unspecified atom stereocenters. The van der Waals surface area contributed by atoms with Gasteiger partial charge in [0.2, 0.25) is 5.91 Å². The minimum atomic E-state index is -0.973. The SMILES string of the molecule is CC(C)(C)c1ccc(OC[C@@H](Cn2ccnc2[N+](=O)[O-])OC(=O)NC(=O)CBr)cc1. The molecule has 1 atom stereocenters. The summed E-state index contributed by atoms with van der Waals surface area (Å²) in [5.74, 6) is -0.421. The topological polar surface area (TPSA) is 126 Å². The fourth-order valence-electron chi connectivity index (χ4n) is 2.53. The van der Waals surface area contributed by atoms with Crippen molar-refractivity contribution in [2.24, 2.45) is 0 Å². The second-order valence-electron chi connectivity index (χ2n) is 7.43. The smallest absolute Gasteiger partial charge is 0.434 e. The summed E-state index contributed by atoms with van der Waals surface area (Å²) in [5.41, 5.74) is 1.12. The second-order valence-corrected chi connectivity index (χ2v) is 7.99. The van der Waals surface area contributed by atoms with Crippen molar-refractivity contribution in [2.75, 3.05) is 11.9 Å². The van der Waals surface area contributed by atoms with E-state index in [1.807, 2.05) is 17.4 Å². The summed E-state index contributed by atoms with van der Waals surface area (Å²) in [5, 5.41) is 13.0. The van der Waals surface area contributed by atoms with Gasteiger partial charge in [0.25, 0.3) is 0 Å². The lowest BCUT2D eigenvalue weighted by molar-refractivity contribution is -0.397. The van der Waals surface area contributed by atoms with Crippen molar-refractivity contribution in [3.8, 4) is 5.75 Å². The third kappa shape index (κ3) is 6.83. The van der Waals surface area contributed by atoms with Gasteiger partial charge in [-0.05, 0) is 28.0 Å². The van der Waals surface area contributed by atoms with Crippen LogP contribution in [0.2, 0.25) is 0 Å². The van der Waals surface area contributed by atoms with E-state index in [1.54, 1.807) is 12.1 Å². The Balaban J connectivity index is 2.10. The van der Waals surface area contributed by atoms with Crippen molar-refractivity contribution in [3.05, 3.63) is 52.3 Å². The Morgan fingerprint density at radius 3 is 2.53 bits per heavy atom. The third-order valence-electron chi connectivity index (χ3n) is 4.05. The van der Waals surface area contributed by atoms with Crippen LogP contribution in [-0.2, 0) is 21.5 Å². The second kappa shape index (κ2) is 10.2. The molecule has 2 aromatic rings. The van der Waals surface area contributed by atoms with E-state index in [1.165, 1.54) is 17.0 Å². The minimum Gasteiger partial charge on any atom is -0.490 e. The Labute approximate surface area is 181 Å². The molecule has 0 fully saturated rings. The van der Waals surface area contributed by atoms with Gasteiger partial charge in [0.15, 0.2) is 6.10 Å². The Morgan fingerprint density at radius 2 is 1.97 bits per heavy atom. The van der Waals surface area contributed by atoms with Crippen molar-refractivity contribution in [1.29, 1.82) is 0 Å². The molecule has 2 rings (SSSR count). The highest BCUT2D eigenvalue weighted by Crippen LogP contribution is 2.24. The number of halogens is 1. The van der Waals surface area contributed by atoms with E-state index >= 15 is 0 Å². The number of nitrogens with one attached hydrogen (secondary N) is 1. The minimum absolute atomic E-state index is 0.00934. The number of aromatic nitrogens is 2. The van der Waals surface area contributed by atoms with Gasteiger partial charge >= 0.3 is 12.0 Å². The van der Waals surface area contributed by atoms with Crippen LogP contribution in [0, 0.1) is 10.1 Å². The maximum atomic E-state index is 11.9. The van der Waals surface area contributed by atoms with Gasteiger partial charge < -0.3 is 19.6 Å². The van der Waals surface area contributed by atoms with Crippen LogP contribution in [0.25, 0.3) is 0 Å². The molecule has 2 amide bonds. The van der Waals surface area contributed by atoms with Crippen LogP contribution < -0.4 is 10.1 Å². The van der Waals surface area contributed by atoms with Gasteiger partial charge in [-0.3, -0.25) is 10.1 Å². The molecule has 162 valence electrons. The summed E-state index contributed by atoms with van der Waals surface area (Å²) in [4.78, 5) is 37.4. The molecule has 0 aliphatic carbocycles. The number of imidazole rings is 1. The maximum Gasteiger partial charge on any atom is 0.434 e. The van der Waals surface area contributed by atoms with E-state index in [4.69, 9.17) is 9.47 Å². The lowest BCUT2D eigenvalue weighted by Gasteiger charge is -2.20. The summed E-state index contributed by atoms with van der Waals surface area (Å²) in [6, 6.07) is 7.47. The first kappa shape index (κ1) is 23.3. The van der Waals surface area contributed by atoms with Crippen LogP contribution >= 0.6 is 15.9 Å². The number of nitro groups is 1. The van der Waals surface area contributed by atoms with Crippen molar-refractivity contribution in [3.63, 3.8) is 0 Å². The summed E-state index contributed by atoms with van der Waals surface area (Å²) in [6.45, 7) is 6.12. The number of carbonyl (C=O) groups is 2. The lowest BCUT2D eigenvalue weighted by atomic mass is 9.87. The van der Waals surface area contributed by atoms with E-state index in [9.17, 15) is 19.7 Å². The highest BCUT2D eigenvalue weighted by Gasteiger charge is 2.23. The number of hydrogen-bond donors (Lipinski definition) is 1. The van der Waals surface area contributed by atoms with Gasteiger partial charge in [0.05, 0.1) is 5.33 Å². The van der Waals surface area contributed by atoms with Crippen LogP contribution in [0.15, 0.2) is 36.7 Å².